The second kappa shape index (κ2) is 4.48. The molecule has 2 unspecified atom stereocenters. The maximum atomic E-state index is 6.24. The highest BCUT2D eigenvalue weighted by Crippen LogP contribution is 2.53. The quantitative estimate of drug-likeness (QED) is 0.848. The van der Waals surface area contributed by atoms with Crippen molar-refractivity contribution in [3.05, 3.63) is 28.7 Å². The van der Waals surface area contributed by atoms with Crippen LogP contribution in [0.5, 0.6) is 0 Å². The molecule has 2 aliphatic rings. The van der Waals surface area contributed by atoms with E-state index in [1.807, 2.05) is 6.07 Å². The minimum absolute atomic E-state index is 0.0391. The highest BCUT2D eigenvalue weighted by Gasteiger charge is 2.55. The molecule has 2 N–H and O–H groups in total. The maximum absolute atomic E-state index is 6.24. The number of benzene rings is 1. The molecule has 1 fully saturated rings. The Kier molecular flexibility index (Phi) is 3.12. The van der Waals surface area contributed by atoms with Crippen LogP contribution in [-0.4, -0.2) is 18.0 Å². The van der Waals surface area contributed by atoms with Crippen LogP contribution >= 0.6 is 15.9 Å². The third kappa shape index (κ3) is 1.96. The fourth-order valence-corrected chi connectivity index (χ4v) is 4.65. The molecule has 0 radical (unpaired) electrons. The SMILES string of the molecule is CC1CC(C)(C)CC12CN=C(N)N2c1ccccc1Br. The second-order valence-corrected chi connectivity index (χ2v) is 7.87. The number of halogens is 1. The van der Waals surface area contributed by atoms with Crippen molar-refractivity contribution >= 4 is 27.6 Å². The van der Waals surface area contributed by atoms with Gasteiger partial charge in [0.15, 0.2) is 5.96 Å². The van der Waals surface area contributed by atoms with Crippen molar-refractivity contribution in [1.29, 1.82) is 0 Å². The van der Waals surface area contributed by atoms with Gasteiger partial charge in [-0.25, -0.2) is 0 Å². The van der Waals surface area contributed by atoms with E-state index < -0.39 is 0 Å². The van der Waals surface area contributed by atoms with Gasteiger partial charge in [0, 0.05) is 4.47 Å². The van der Waals surface area contributed by atoms with Gasteiger partial charge >= 0.3 is 0 Å². The lowest BCUT2D eigenvalue weighted by Crippen LogP contribution is -2.54. The number of aliphatic imine (C=N–C) groups is 1. The molecular weight excluding hydrogens is 314 g/mol. The molecule has 108 valence electrons. The van der Waals surface area contributed by atoms with Gasteiger partial charge in [-0.15, -0.1) is 0 Å². The monoisotopic (exact) mass is 335 g/mol. The summed E-state index contributed by atoms with van der Waals surface area (Å²) in [6, 6.07) is 8.28. The fourth-order valence-electron chi connectivity index (χ4n) is 4.19. The van der Waals surface area contributed by atoms with E-state index in [9.17, 15) is 0 Å². The van der Waals surface area contributed by atoms with Gasteiger partial charge in [-0.1, -0.05) is 32.9 Å². The van der Waals surface area contributed by atoms with Crippen LogP contribution in [0.25, 0.3) is 0 Å². The van der Waals surface area contributed by atoms with Crippen LogP contribution in [0.2, 0.25) is 0 Å². The van der Waals surface area contributed by atoms with Crippen molar-refractivity contribution < 1.29 is 0 Å². The first kappa shape index (κ1) is 13.9. The van der Waals surface area contributed by atoms with Crippen LogP contribution in [0.3, 0.4) is 0 Å². The topological polar surface area (TPSA) is 41.6 Å². The van der Waals surface area contributed by atoms with Gasteiger partial charge in [-0.2, -0.15) is 0 Å². The lowest BCUT2D eigenvalue weighted by Gasteiger charge is -2.40. The predicted molar refractivity (Wildman–Crippen MR) is 88.0 cm³/mol. The zero-order valence-corrected chi connectivity index (χ0v) is 13.9. The van der Waals surface area contributed by atoms with Crippen LogP contribution in [-0.2, 0) is 0 Å². The average molecular weight is 336 g/mol. The molecule has 1 aromatic carbocycles. The first-order valence-corrected chi connectivity index (χ1v) is 8.00. The van der Waals surface area contributed by atoms with Gasteiger partial charge in [0.2, 0.25) is 0 Å². The lowest BCUT2D eigenvalue weighted by atomic mass is 9.85. The molecule has 3 rings (SSSR count). The number of nitrogens with zero attached hydrogens (tertiary/aromatic N) is 2. The highest BCUT2D eigenvalue weighted by atomic mass is 79.9. The first-order valence-electron chi connectivity index (χ1n) is 7.20. The maximum Gasteiger partial charge on any atom is 0.196 e. The summed E-state index contributed by atoms with van der Waals surface area (Å²) in [5.41, 5.74) is 7.76. The number of nitrogens with two attached hydrogens (primary N) is 1. The van der Waals surface area contributed by atoms with E-state index in [0.29, 0.717) is 17.3 Å². The average Bonchev–Trinajstić information content (AvgIpc) is 2.79. The zero-order valence-electron chi connectivity index (χ0n) is 12.4. The van der Waals surface area contributed by atoms with E-state index in [-0.39, 0.29) is 5.54 Å². The van der Waals surface area contributed by atoms with Gasteiger partial charge in [0.1, 0.15) is 0 Å². The molecule has 1 aromatic rings. The number of hydrogen-bond donors (Lipinski definition) is 1. The Labute approximate surface area is 129 Å². The van der Waals surface area contributed by atoms with Gasteiger partial charge in [-0.3, -0.25) is 4.99 Å². The van der Waals surface area contributed by atoms with E-state index in [1.54, 1.807) is 0 Å². The molecule has 0 amide bonds. The van der Waals surface area contributed by atoms with Crippen LogP contribution in [0.1, 0.15) is 33.6 Å². The first-order chi connectivity index (χ1) is 9.36. The molecule has 20 heavy (non-hydrogen) atoms. The minimum atomic E-state index is 0.0391. The third-order valence-electron chi connectivity index (χ3n) is 4.84. The Bertz CT molecular complexity index is 567. The lowest BCUT2D eigenvalue weighted by molar-refractivity contribution is 0.341. The van der Waals surface area contributed by atoms with Gasteiger partial charge in [0.05, 0.1) is 17.8 Å². The molecular formula is C16H22BrN3. The van der Waals surface area contributed by atoms with Crippen LogP contribution in [0.15, 0.2) is 33.7 Å². The van der Waals surface area contributed by atoms with E-state index in [0.717, 1.165) is 23.1 Å². The van der Waals surface area contributed by atoms with Crippen molar-refractivity contribution in [3.63, 3.8) is 0 Å². The summed E-state index contributed by atoms with van der Waals surface area (Å²) in [6.45, 7) is 7.85. The van der Waals surface area contributed by atoms with Crippen molar-refractivity contribution in [3.8, 4) is 0 Å². The summed E-state index contributed by atoms with van der Waals surface area (Å²) in [6.07, 6.45) is 2.35. The Morgan fingerprint density at radius 3 is 2.65 bits per heavy atom. The summed E-state index contributed by atoms with van der Waals surface area (Å²) in [4.78, 5) is 6.86. The van der Waals surface area contributed by atoms with Gasteiger partial charge < -0.3 is 10.6 Å². The predicted octanol–water partition coefficient (Wildman–Crippen LogP) is 3.78. The Hall–Kier alpha value is -1.03. The van der Waals surface area contributed by atoms with E-state index in [2.05, 4.69) is 64.8 Å². The standard InChI is InChI=1S/C16H22BrN3/c1-11-8-15(2,3)9-16(11)10-19-14(18)20(16)13-7-5-4-6-12(13)17/h4-7,11H,8-10H2,1-3H3,(H2,18,19). The van der Waals surface area contributed by atoms with Crippen LogP contribution < -0.4 is 10.6 Å². The molecule has 2 atom stereocenters. The van der Waals surface area contributed by atoms with E-state index in [4.69, 9.17) is 5.73 Å². The Morgan fingerprint density at radius 2 is 2.05 bits per heavy atom. The molecule has 1 aliphatic carbocycles. The third-order valence-corrected chi connectivity index (χ3v) is 5.51. The highest BCUT2D eigenvalue weighted by molar-refractivity contribution is 9.10. The summed E-state index contributed by atoms with van der Waals surface area (Å²) < 4.78 is 1.08. The summed E-state index contributed by atoms with van der Waals surface area (Å²) in [5.74, 6) is 1.23. The normalized spacial score (nSPS) is 31.9. The molecule has 3 nitrogen and oxygen atoms in total. The van der Waals surface area contributed by atoms with Gasteiger partial charge in [0.25, 0.3) is 0 Å². The van der Waals surface area contributed by atoms with Crippen LogP contribution in [0, 0.1) is 11.3 Å². The Balaban J connectivity index is 2.08. The molecule has 1 spiro atoms. The summed E-state index contributed by atoms with van der Waals surface area (Å²) in [5, 5.41) is 0. The van der Waals surface area contributed by atoms with E-state index in [1.165, 1.54) is 6.42 Å². The molecule has 1 heterocycles. The van der Waals surface area contributed by atoms with E-state index >= 15 is 0 Å². The Morgan fingerprint density at radius 1 is 1.35 bits per heavy atom. The van der Waals surface area contributed by atoms with Crippen molar-refractivity contribution in [2.75, 3.05) is 11.4 Å². The number of rotatable bonds is 1. The van der Waals surface area contributed by atoms with Gasteiger partial charge in [-0.05, 0) is 52.2 Å². The molecule has 1 aliphatic heterocycles. The molecule has 4 heteroatoms. The summed E-state index contributed by atoms with van der Waals surface area (Å²) >= 11 is 3.66. The summed E-state index contributed by atoms with van der Waals surface area (Å²) in [7, 11) is 0. The molecule has 0 aromatic heterocycles. The smallest absolute Gasteiger partial charge is 0.196 e. The van der Waals surface area contributed by atoms with Crippen molar-refractivity contribution in [2.45, 2.75) is 39.2 Å². The zero-order chi connectivity index (χ0) is 14.5. The molecule has 0 saturated heterocycles. The molecule has 1 saturated carbocycles. The minimum Gasteiger partial charge on any atom is -0.369 e. The number of guanidine groups is 1. The largest absolute Gasteiger partial charge is 0.369 e. The fraction of sp³-hybridized carbons (Fsp3) is 0.562. The second-order valence-electron chi connectivity index (χ2n) is 7.01. The molecule has 0 bridgehead atoms. The number of anilines is 1. The number of para-hydroxylation sites is 1. The van der Waals surface area contributed by atoms with Crippen LogP contribution in [0.4, 0.5) is 5.69 Å². The number of hydrogen-bond acceptors (Lipinski definition) is 3. The van der Waals surface area contributed by atoms with Crippen molar-refractivity contribution in [2.24, 2.45) is 22.1 Å². The van der Waals surface area contributed by atoms with Crippen molar-refractivity contribution in [1.82, 2.24) is 0 Å².